The van der Waals surface area contributed by atoms with Crippen molar-refractivity contribution in [2.24, 2.45) is 0 Å². The van der Waals surface area contributed by atoms with E-state index in [9.17, 15) is 4.79 Å². The molecule has 8 nitrogen and oxygen atoms in total. The van der Waals surface area contributed by atoms with Crippen LogP contribution in [0, 0.1) is 6.92 Å². The van der Waals surface area contributed by atoms with Gasteiger partial charge in [0.1, 0.15) is 0 Å². The van der Waals surface area contributed by atoms with E-state index in [4.69, 9.17) is 5.11 Å². The summed E-state index contributed by atoms with van der Waals surface area (Å²) in [7, 11) is 0. The Kier molecular flexibility index (Phi) is 4.14. The van der Waals surface area contributed by atoms with E-state index < -0.39 is 5.97 Å². The molecule has 0 aliphatic rings. The molecule has 0 radical (unpaired) electrons. The van der Waals surface area contributed by atoms with Crippen molar-refractivity contribution in [3.05, 3.63) is 35.7 Å². The summed E-state index contributed by atoms with van der Waals surface area (Å²) < 4.78 is 1.48. The topological polar surface area (TPSA) is 106 Å². The number of hydrogen-bond acceptors (Lipinski definition) is 6. The predicted molar refractivity (Wildman–Crippen MR) is 65.5 cm³/mol. The lowest BCUT2D eigenvalue weighted by Crippen LogP contribution is -2.20. The fourth-order valence-corrected chi connectivity index (χ4v) is 1.43. The number of nitrogens with zero attached hydrogens (tertiary/aromatic N) is 5. The maximum atomic E-state index is 10.6. The molecule has 0 unspecified atom stereocenters. The Bertz CT molecular complexity index is 551. The fourth-order valence-electron chi connectivity index (χ4n) is 1.43. The van der Waals surface area contributed by atoms with Crippen molar-refractivity contribution < 1.29 is 9.90 Å². The van der Waals surface area contributed by atoms with E-state index in [1.807, 2.05) is 6.92 Å². The van der Waals surface area contributed by atoms with Gasteiger partial charge in [-0.3, -0.25) is 14.6 Å². The van der Waals surface area contributed by atoms with E-state index in [2.05, 4.69) is 25.6 Å². The van der Waals surface area contributed by atoms with Crippen LogP contribution in [0.3, 0.4) is 0 Å². The normalized spacial score (nSPS) is 10.6. The standard InChI is InChI=1S/C11H14N6O2/c1-8-4-14-9(6-13-8)5-12-2-3-17-7-10(11(18)19)15-16-17/h4,6-7,12H,2-3,5H2,1H3,(H,18,19). The molecule has 0 spiro atoms. The molecule has 0 atom stereocenters. The summed E-state index contributed by atoms with van der Waals surface area (Å²) >= 11 is 0. The molecule has 100 valence electrons. The summed E-state index contributed by atoms with van der Waals surface area (Å²) in [6, 6.07) is 0. The molecule has 0 amide bonds. The van der Waals surface area contributed by atoms with Gasteiger partial charge >= 0.3 is 5.97 Å². The van der Waals surface area contributed by atoms with Gasteiger partial charge in [-0.2, -0.15) is 0 Å². The molecule has 2 aromatic heterocycles. The smallest absolute Gasteiger partial charge is 0.358 e. The minimum atomic E-state index is -1.07. The van der Waals surface area contributed by atoms with Gasteiger partial charge in [-0.1, -0.05) is 5.21 Å². The van der Waals surface area contributed by atoms with E-state index in [-0.39, 0.29) is 5.69 Å². The maximum absolute atomic E-state index is 10.6. The number of carboxylic acids is 1. The molecular weight excluding hydrogens is 248 g/mol. The molecule has 0 saturated carbocycles. The molecule has 8 heteroatoms. The highest BCUT2D eigenvalue weighted by Gasteiger charge is 2.07. The number of aromatic nitrogens is 5. The van der Waals surface area contributed by atoms with Crippen LogP contribution in [-0.4, -0.2) is 42.6 Å². The minimum Gasteiger partial charge on any atom is -0.476 e. The third-order valence-corrected chi connectivity index (χ3v) is 2.42. The van der Waals surface area contributed by atoms with Crippen LogP contribution in [0.15, 0.2) is 18.6 Å². The van der Waals surface area contributed by atoms with E-state index in [1.165, 1.54) is 10.9 Å². The SMILES string of the molecule is Cc1cnc(CNCCn2cc(C(=O)O)nn2)cn1. The van der Waals surface area contributed by atoms with Gasteiger partial charge in [0.25, 0.3) is 0 Å². The van der Waals surface area contributed by atoms with Crippen molar-refractivity contribution >= 4 is 5.97 Å². The minimum absolute atomic E-state index is 0.0515. The molecule has 0 saturated heterocycles. The molecule has 2 aromatic rings. The zero-order valence-corrected chi connectivity index (χ0v) is 10.4. The van der Waals surface area contributed by atoms with E-state index in [0.29, 0.717) is 19.6 Å². The molecule has 0 aromatic carbocycles. The summed E-state index contributed by atoms with van der Waals surface area (Å²) in [5, 5.41) is 19.1. The number of hydrogen-bond donors (Lipinski definition) is 2. The summed E-state index contributed by atoms with van der Waals surface area (Å²) in [6.45, 7) is 3.67. The second kappa shape index (κ2) is 6.01. The number of aromatic carboxylic acids is 1. The van der Waals surface area contributed by atoms with Crippen molar-refractivity contribution in [1.82, 2.24) is 30.3 Å². The van der Waals surface area contributed by atoms with Crippen LogP contribution in [0.2, 0.25) is 0 Å². The summed E-state index contributed by atoms with van der Waals surface area (Å²) in [5.41, 5.74) is 1.69. The monoisotopic (exact) mass is 262 g/mol. The Morgan fingerprint density at radius 1 is 1.42 bits per heavy atom. The first-order valence-corrected chi connectivity index (χ1v) is 5.77. The van der Waals surface area contributed by atoms with Crippen LogP contribution in [0.25, 0.3) is 0 Å². The molecule has 0 fully saturated rings. The number of carboxylic acid groups (broad SMARTS) is 1. The summed E-state index contributed by atoms with van der Waals surface area (Å²) in [4.78, 5) is 19.0. The average Bonchev–Trinajstić information content (AvgIpc) is 2.86. The van der Waals surface area contributed by atoms with Crippen molar-refractivity contribution in [1.29, 1.82) is 0 Å². The first kappa shape index (κ1) is 13.1. The molecule has 0 bridgehead atoms. The molecular formula is C11H14N6O2. The number of nitrogens with one attached hydrogen (secondary N) is 1. The highest BCUT2D eigenvalue weighted by molar-refractivity contribution is 5.84. The van der Waals surface area contributed by atoms with Gasteiger partial charge in [0.05, 0.1) is 24.1 Å². The van der Waals surface area contributed by atoms with Crippen LogP contribution >= 0.6 is 0 Å². The molecule has 0 aliphatic carbocycles. The number of aryl methyl sites for hydroxylation is 1. The third kappa shape index (κ3) is 3.81. The van der Waals surface area contributed by atoms with E-state index >= 15 is 0 Å². The summed E-state index contributed by atoms with van der Waals surface area (Å²) in [6.07, 6.45) is 4.84. The van der Waals surface area contributed by atoms with Gasteiger partial charge in [0.2, 0.25) is 0 Å². The second-order valence-electron chi connectivity index (χ2n) is 4.00. The Morgan fingerprint density at radius 2 is 2.26 bits per heavy atom. The Morgan fingerprint density at radius 3 is 2.89 bits per heavy atom. The second-order valence-corrected chi connectivity index (χ2v) is 4.00. The molecule has 19 heavy (non-hydrogen) atoms. The van der Waals surface area contributed by atoms with Crippen LogP contribution in [0.4, 0.5) is 0 Å². The molecule has 2 N–H and O–H groups in total. The highest BCUT2D eigenvalue weighted by atomic mass is 16.4. The number of rotatable bonds is 6. The lowest BCUT2D eigenvalue weighted by molar-refractivity contribution is 0.0690. The quantitative estimate of drug-likeness (QED) is 0.698. The first-order chi connectivity index (χ1) is 9.15. The Balaban J connectivity index is 1.74. The Labute approximate surface area is 109 Å². The van der Waals surface area contributed by atoms with Gasteiger partial charge in [-0.05, 0) is 6.92 Å². The van der Waals surface area contributed by atoms with Gasteiger partial charge in [-0.15, -0.1) is 5.10 Å². The van der Waals surface area contributed by atoms with Crippen LogP contribution in [0.5, 0.6) is 0 Å². The van der Waals surface area contributed by atoms with Crippen molar-refractivity contribution in [3.8, 4) is 0 Å². The van der Waals surface area contributed by atoms with Crippen molar-refractivity contribution in [2.75, 3.05) is 6.54 Å². The molecule has 0 aliphatic heterocycles. The lowest BCUT2D eigenvalue weighted by Gasteiger charge is -2.03. The number of carbonyl (C=O) groups is 1. The van der Waals surface area contributed by atoms with Gasteiger partial charge < -0.3 is 10.4 Å². The largest absolute Gasteiger partial charge is 0.476 e. The highest BCUT2D eigenvalue weighted by Crippen LogP contribution is 1.94. The average molecular weight is 262 g/mol. The van der Waals surface area contributed by atoms with Crippen molar-refractivity contribution in [3.63, 3.8) is 0 Å². The van der Waals surface area contributed by atoms with E-state index in [0.717, 1.165) is 11.4 Å². The zero-order valence-electron chi connectivity index (χ0n) is 10.4. The first-order valence-electron chi connectivity index (χ1n) is 5.77. The maximum Gasteiger partial charge on any atom is 0.358 e. The van der Waals surface area contributed by atoms with Crippen LogP contribution in [0.1, 0.15) is 21.9 Å². The molecule has 2 heterocycles. The lowest BCUT2D eigenvalue weighted by atomic mass is 10.4. The van der Waals surface area contributed by atoms with Gasteiger partial charge in [0, 0.05) is 25.5 Å². The van der Waals surface area contributed by atoms with Gasteiger partial charge in [-0.25, -0.2) is 4.79 Å². The van der Waals surface area contributed by atoms with Crippen LogP contribution < -0.4 is 5.32 Å². The summed E-state index contributed by atoms with van der Waals surface area (Å²) in [5.74, 6) is -1.07. The van der Waals surface area contributed by atoms with E-state index in [1.54, 1.807) is 12.4 Å². The predicted octanol–water partition coefficient (Wildman–Crippen LogP) is -0.135. The Hall–Kier alpha value is -2.35. The molecule has 2 rings (SSSR count). The third-order valence-electron chi connectivity index (χ3n) is 2.42. The fraction of sp³-hybridized carbons (Fsp3) is 0.364. The van der Waals surface area contributed by atoms with Crippen LogP contribution in [-0.2, 0) is 13.1 Å². The van der Waals surface area contributed by atoms with Crippen molar-refractivity contribution in [2.45, 2.75) is 20.0 Å². The van der Waals surface area contributed by atoms with Gasteiger partial charge in [0.15, 0.2) is 5.69 Å². The zero-order chi connectivity index (χ0) is 13.7.